The zero-order chi connectivity index (χ0) is 17.5. The monoisotopic (exact) mass is 320 g/mol. The highest BCUT2D eigenvalue weighted by Crippen LogP contribution is 2.21. The average molecular weight is 320 g/mol. The number of ether oxygens (including phenoxy) is 1. The van der Waals surface area contributed by atoms with Gasteiger partial charge >= 0.3 is 6.03 Å². The molecule has 5 nitrogen and oxygen atoms in total. The Hall–Kier alpha value is -2.01. The van der Waals surface area contributed by atoms with Crippen molar-refractivity contribution in [3.8, 4) is 5.75 Å². The zero-order valence-electron chi connectivity index (χ0n) is 14.5. The molecule has 0 aliphatic rings. The molecular formula is C18H28N2O3. The van der Waals surface area contributed by atoms with Crippen LogP contribution in [0.2, 0.25) is 0 Å². The summed E-state index contributed by atoms with van der Waals surface area (Å²) in [5, 5.41) is 15.1. The third kappa shape index (κ3) is 8.26. The van der Waals surface area contributed by atoms with Gasteiger partial charge in [0.25, 0.3) is 0 Å². The molecule has 1 aromatic carbocycles. The van der Waals surface area contributed by atoms with Gasteiger partial charge in [-0.05, 0) is 43.4 Å². The maximum Gasteiger partial charge on any atom is 0.319 e. The van der Waals surface area contributed by atoms with Crippen LogP contribution < -0.4 is 15.4 Å². The Labute approximate surface area is 138 Å². The molecule has 128 valence electrons. The lowest BCUT2D eigenvalue weighted by molar-refractivity contribution is 0.129. The van der Waals surface area contributed by atoms with E-state index in [1.54, 1.807) is 19.1 Å². The number of urea groups is 1. The molecule has 2 amide bonds. The Morgan fingerprint density at radius 2 is 2.13 bits per heavy atom. The standard InChI is InChI=1S/C18H28N2O3/c1-13(2)11-23-16-8-6-7-15(9-16)20-17(22)19-12-18(4,5)10-14(3)21/h6-9,14,21H,1,10-12H2,2-5H3,(H2,19,20,22). The smallest absolute Gasteiger partial charge is 0.319 e. The Bertz CT molecular complexity index is 539. The van der Waals surface area contributed by atoms with Crippen LogP contribution in [-0.4, -0.2) is 30.4 Å². The fourth-order valence-electron chi connectivity index (χ4n) is 2.24. The lowest BCUT2D eigenvalue weighted by atomic mass is 9.87. The molecule has 0 aliphatic carbocycles. The van der Waals surface area contributed by atoms with E-state index >= 15 is 0 Å². The molecule has 0 saturated carbocycles. The number of benzene rings is 1. The minimum atomic E-state index is -0.392. The van der Waals surface area contributed by atoms with Crippen LogP contribution in [0, 0.1) is 5.41 Å². The van der Waals surface area contributed by atoms with E-state index in [-0.39, 0.29) is 11.4 Å². The van der Waals surface area contributed by atoms with Gasteiger partial charge in [-0.2, -0.15) is 0 Å². The Balaban J connectivity index is 2.51. The molecule has 0 heterocycles. The van der Waals surface area contributed by atoms with Crippen LogP contribution in [-0.2, 0) is 0 Å². The molecule has 1 aromatic rings. The van der Waals surface area contributed by atoms with Crippen LogP contribution in [0.5, 0.6) is 5.75 Å². The second-order valence-electron chi connectivity index (χ2n) is 6.80. The highest BCUT2D eigenvalue weighted by molar-refractivity contribution is 5.89. The van der Waals surface area contributed by atoms with Gasteiger partial charge in [0.15, 0.2) is 0 Å². The Kier molecular flexibility index (Phi) is 7.10. The fraction of sp³-hybridized carbons (Fsp3) is 0.500. The first-order valence-corrected chi connectivity index (χ1v) is 7.78. The molecule has 0 aromatic heterocycles. The molecule has 5 heteroatoms. The van der Waals surface area contributed by atoms with Crippen LogP contribution in [0.3, 0.4) is 0 Å². The van der Waals surface area contributed by atoms with Gasteiger partial charge in [-0.3, -0.25) is 0 Å². The number of rotatable bonds is 8. The molecule has 23 heavy (non-hydrogen) atoms. The van der Waals surface area contributed by atoms with Gasteiger partial charge in [-0.25, -0.2) is 4.79 Å². The van der Waals surface area contributed by atoms with Gasteiger partial charge in [0.2, 0.25) is 0 Å². The van der Waals surface area contributed by atoms with Crippen molar-refractivity contribution in [1.29, 1.82) is 0 Å². The van der Waals surface area contributed by atoms with E-state index in [1.807, 2.05) is 32.9 Å². The summed E-state index contributed by atoms with van der Waals surface area (Å²) in [7, 11) is 0. The van der Waals surface area contributed by atoms with Crippen LogP contribution in [0.4, 0.5) is 10.5 Å². The molecule has 0 radical (unpaired) electrons. The summed E-state index contributed by atoms with van der Waals surface area (Å²) in [6, 6.07) is 6.94. The molecule has 3 N–H and O–H groups in total. The molecular weight excluding hydrogens is 292 g/mol. The number of hydrogen-bond acceptors (Lipinski definition) is 3. The van der Waals surface area contributed by atoms with E-state index in [0.717, 1.165) is 5.57 Å². The van der Waals surface area contributed by atoms with E-state index in [9.17, 15) is 9.90 Å². The van der Waals surface area contributed by atoms with Crippen molar-refractivity contribution < 1.29 is 14.6 Å². The van der Waals surface area contributed by atoms with E-state index in [2.05, 4.69) is 17.2 Å². The molecule has 0 aliphatic heterocycles. The van der Waals surface area contributed by atoms with Gasteiger partial charge in [0.1, 0.15) is 12.4 Å². The van der Waals surface area contributed by atoms with Crippen molar-refractivity contribution in [2.45, 2.75) is 40.2 Å². The molecule has 1 atom stereocenters. The average Bonchev–Trinajstić information content (AvgIpc) is 2.42. The van der Waals surface area contributed by atoms with Gasteiger partial charge in [0, 0.05) is 18.3 Å². The SMILES string of the molecule is C=C(C)COc1cccc(NC(=O)NCC(C)(C)CC(C)O)c1. The zero-order valence-corrected chi connectivity index (χ0v) is 14.5. The summed E-state index contributed by atoms with van der Waals surface area (Å²) in [5.41, 5.74) is 1.43. The van der Waals surface area contributed by atoms with Crippen LogP contribution in [0.1, 0.15) is 34.1 Å². The number of aliphatic hydroxyl groups excluding tert-OH is 1. The summed E-state index contributed by atoms with van der Waals surface area (Å²) in [6.07, 6.45) is 0.231. The lowest BCUT2D eigenvalue weighted by Gasteiger charge is -2.26. The maximum atomic E-state index is 12.0. The van der Waals surface area contributed by atoms with Crippen LogP contribution >= 0.6 is 0 Å². The first-order chi connectivity index (χ1) is 10.7. The quantitative estimate of drug-likeness (QED) is 0.641. The highest BCUT2D eigenvalue weighted by atomic mass is 16.5. The van der Waals surface area contributed by atoms with E-state index in [0.29, 0.717) is 31.0 Å². The number of amides is 2. The van der Waals surface area contributed by atoms with Crippen LogP contribution in [0.15, 0.2) is 36.4 Å². The predicted octanol–water partition coefficient (Wildman–Crippen LogP) is 3.56. The maximum absolute atomic E-state index is 12.0. The molecule has 1 unspecified atom stereocenters. The van der Waals surface area contributed by atoms with Crippen molar-refractivity contribution in [2.75, 3.05) is 18.5 Å². The summed E-state index contributed by atoms with van der Waals surface area (Å²) in [5.74, 6) is 0.681. The summed E-state index contributed by atoms with van der Waals surface area (Å²) >= 11 is 0. The van der Waals surface area contributed by atoms with E-state index < -0.39 is 6.10 Å². The third-order valence-electron chi connectivity index (χ3n) is 3.15. The third-order valence-corrected chi connectivity index (χ3v) is 3.15. The number of aliphatic hydroxyl groups is 1. The molecule has 0 saturated heterocycles. The normalized spacial score (nSPS) is 12.4. The minimum absolute atomic E-state index is 0.169. The first kappa shape index (κ1) is 19.0. The highest BCUT2D eigenvalue weighted by Gasteiger charge is 2.21. The molecule has 0 spiro atoms. The Morgan fingerprint density at radius 1 is 1.43 bits per heavy atom. The van der Waals surface area contributed by atoms with E-state index in [1.165, 1.54) is 0 Å². The Morgan fingerprint density at radius 3 is 2.74 bits per heavy atom. The van der Waals surface area contributed by atoms with Crippen molar-refractivity contribution in [1.82, 2.24) is 5.32 Å². The van der Waals surface area contributed by atoms with Crippen molar-refractivity contribution in [3.05, 3.63) is 36.4 Å². The van der Waals surface area contributed by atoms with Gasteiger partial charge in [0.05, 0.1) is 6.10 Å². The fourth-order valence-corrected chi connectivity index (χ4v) is 2.24. The van der Waals surface area contributed by atoms with Crippen LogP contribution in [0.25, 0.3) is 0 Å². The van der Waals surface area contributed by atoms with Crippen molar-refractivity contribution in [3.63, 3.8) is 0 Å². The van der Waals surface area contributed by atoms with Gasteiger partial charge < -0.3 is 20.5 Å². The minimum Gasteiger partial charge on any atom is -0.489 e. The van der Waals surface area contributed by atoms with Crippen molar-refractivity contribution >= 4 is 11.7 Å². The number of carbonyl (C=O) groups is 1. The number of nitrogens with one attached hydrogen (secondary N) is 2. The second kappa shape index (κ2) is 8.58. The van der Waals surface area contributed by atoms with Gasteiger partial charge in [-0.15, -0.1) is 0 Å². The molecule has 0 fully saturated rings. The van der Waals surface area contributed by atoms with E-state index in [4.69, 9.17) is 4.74 Å². The molecule has 0 bridgehead atoms. The predicted molar refractivity (Wildman–Crippen MR) is 93.9 cm³/mol. The number of carbonyl (C=O) groups excluding carboxylic acids is 1. The van der Waals surface area contributed by atoms with Gasteiger partial charge in [-0.1, -0.05) is 26.5 Å². The number of anilines is 1. The largest absolute Gasteiger partial charge is 0.489 e. The topological polar surface area (TPSA) is 70.6 Å². The summed E-state index contributed by atoms with van der Waals surface area (Å²) in [4.78, 5) is 12.0. The number of hydrogen-bond donors (Lipinski definition) is 3. The summed E-state index contributed by atoms with van der Waals surface area (Å²) in [6.45, 7) is 12.4. The first-order valence-electron chi connectivity index (χ1n) is 7.78. The lowest BCUT2D eigenvalue weighted by Crippen LogP contribution is -2.38. The van der Waals surface area contributed by atoms with Crippen molar-refractivity contribution in [2.24, 2.45) is 5.41 Å². The summed E-state index contributed by atoms with van der Waals surface area (Å²) < 4.78 is 5.55. The molecule has 1 rings (SSSR count). The second-order valence-corrected chi connectivity index (χ2v) is 6.80.